The average Bonchev–Trinajstić information content (AvgIpc) is 3.01. The monoisotopic (exact) mass is 412 g/mol. The third kappa shape index (κ3) is 5.94. The lowest BCUT2D eigenvalue weighted by Gasteiger charge is -2.23. The number of carbonyl (C=O) groups excluding carboxylic acids is 2. The summed E-state index contributed by atoms with van der Waals surface area (Å²) in [5.74, 6) is 0.266. The van der Waals surface area contributed by atoms with Crippen LogP contribution in [0, 0.1) is 0 Å². The highest BCUT2D eigenvalue weighted by molar-refractivity contribution is 5.99. The first-order valence-electron chi connectivity index (χ1n) is 10.6. The Bertz CT molecular complexity index is 883. The van der Waals surface area contributed by atoms with Crippen molar-refractivity contribution in [1.82, 2.24) is 14.7 Å². The van der Waals surface area contributed by atoms with E-state index in [1.54, 1.807) is 16.6 Å². The SMILES string of the molecule is CCCN(CC(=O)Nc1cc(C(C)(C)C)nn1C)C(=O)c1ccc(C(C)(C)C)cc1. The molecule has 1 N–H and O–H groups in total. The Morgan fingerprint density at radius 3 is 2.10 bits per heavy atom. The molecule has 0 fully saturated rings. The smallest absolute Gasteiger partial charge is 0.254 e. The van der Waals surface area contributed by atoms with Gasteiger partial charge in [0.25, 0.3) is 5.91 Å². The van der Waals surface area contributed by atoms with Crippen molar-refractivity contribution in [2.24, 2.45) is 7.05 Å². The van der Waals surface area contributed by atoms with Gasteiger partial charge < -0.3 is 10.2 Å². The van der Waals surface area contributed by atoms with Crippen molar-refractivity contribution < 1.29 is 9.59 Å². The first-order valence-corrected chi connectivity index (χ1v) is 10.6. The van der Waals surface area contributed by atoms with Gasteiger partial charge in [0.15, 0.2) is 0 Å². The van der Waals surface area contributed by atoms with Crippen molar-refractivity contribution in [3.05, 3.63) is 47.2 Å². The van der Waals surface area contributed by atoms with Crippen LogP contribution in [0.2, 0.25) is 0 Å². The van der Waals surface area contributed by atoms with Crippen molar-refractivity contribution in [3.8, 4) is 0 Å². The van der Waals surface area contributed by atoms with Crippen molar-refractivity contribution in [2.75, 3.05) is 18.4 Å². The zero-order chi connectivity index (χ0) is 22.7. The fourth-order valence-corrected chi connectivity index (χ4v) is 3.12. The summed E-state index contributed by atoms with van der Waals surface area (Å²) in [5.41, 5.74) is 2.59. The van der Waals surface area contributed by atoms with E-state index in [2.05, 4.69) is 52.0 Å². The fourth-order valence-electron chi connectivity index (χ4n) is 3.12. The number of hydrogen-bond acceptors (Lipinski definition) is 3. The highest BCUT2D eigenvalue weighted by Crippen LogP contribution is 2.24. The Hall–Kier alpha value is -2.63. The molecule has 0 atom stereocenters. The number of rotatable bonds is 6. The van der Waals surface area contributed by atoms with Gasteiger partial charge in [-0.25, -0.2) is 0 Å². The Kier molecular flexibility index (Phi) is 7.11. The van der Waals surface area contributed by atoms with Crippen molar-refractivity contribution in [2.45, 2.75) is 65.7 Å². The maximum absolute atomic E-state index is 13.0. The summed E-state index contributed by atoms with van der Waals surface area (Å²) in [5, 5.41) is 7.38. The van der Waals surface area contributed by atoms with E-state index in [-0.39, 0.29) is 29.2 Å². The second-order valence-corrected chi connectivity index (χ2v) is 9.89. The molecule has 30 heavy (non-hydrogen) atoms. The van der Waals surface area contributed by atoms with Gasteiger partial charge in [-0.05, 0) is 29.5 Å². The molecule has 1 aromatic heterocycles. The summed E-state index contributed by atoms with van der Waals surface area (Å²) in [7, 11) is 1.80. The molecule has 0 saturated carbocycles. The van der Waals surface area contributed by atoms with Crippen LogP contribution in [0.4, 0.5) is 5.82 Å². The van der Waals surface area contributed by atoms with Gasteiger partial charge in [-0.2, -0.15) is 5.10 Å². The van der Waals surface area contributed by atoms with Crippen molar-refractivity contribution in [1.29, 1.82) is 0 Å². The number of nitrogens with one attached hydrogen (secondary N) is 1. The summed E-state index contributed by atoms with van der Waals surface area (Å²) >= 11 is 0. The van der Waals surface area contributed by atoms with Crippen molar-refractivity contribution >= 4 is 17.6 Å². The lowest BCUT2D eigenvalue weighted by molar-refractivity contribution is -0.116. The molecule has 0 radical (unpaired) electrons. The van der Waals surface area contributed by atoms with E-state index in [0.29, 0.717) is 17.9 Å². The third-order valence-corrected chi connectivity index (χ3v) is 5.03. The zero-order valence-corrected chi connectivity index (χ0v) is 19.7. The largest absolute Gasteiger partial charge is 0.329 e. The number of amides is 2. The van der Waals surface area contributed by atoms with E-state index in [1.807, 2.05) is 37.3 Å². The predicted molar refractivity (Wildman–Crippen MR) is 122 cm³/mol. The average molecular weight is 413 g/mol. The number of nitrogens with zero attached hydrogens (tertiary/aromatic N) is 3. The second-order valence-electron chi connectivity index (χ2n) is 9.89. The van der Waals surface area contributed by atoms with Crippen LogP contribution in [0.15, 0.2) is 30.3 Å². The summed E-state index contributed by atoms with van der Waals surface area (Å²) < 4.78 is 1.66. The number of anilines is 1. The van der Waals surface area contributed by atoms with Gasteiger partial charge in [0, 0.05) is 30.6 Å². The number of benzene rings is 1. The number of aromatic nitrogens is 2. The number of hydrogen-bond donors (Lipinski definition) is 1. The van der Waals surface area contributed by atoms with E-state index >= 15 is 0 Å². The summed E-state index contributed by atoms with van der Waals surface area (Å²) in [6, 6.07) is 9.55. The van der Waals surface area contributed by atoms with Gasteiger partial charge in [-0.15, -0.1) is 0 Å². The van der Waals surface area contributed by atoms with E-state index in [1.165, 1.54) is 5.56 Å². The Labute approximate surface area is 180 Å². The molecular weight excluding hydrogens is 376 g/mol. The van der Waals surface area contributed by atoms with Gasteiger partial charge >= 0.3 is 0 Å². The minimum absolute atomic E-state index is 0.00370. The van der Waals surface area contributed by atoms with E-state index in [4.69, 9.17) is 0 Å². The van der Waals surface area contributed by atoms with Gasteiger partial charge in [0.1, 0.15) is 12.4 Å². The molecule has 1 heterocycles. The quantitative estimate of drug-likeness (QED) is 0.759. The van der Waals surface area contributed by atoms with Gasteiger partial charge in [0.2, 0.25) is 5.91 Å². The Morgan fingerprint density at radius 1 is 1.03 bits per heavy atom. The van der Waals surface area contributed by atoms with Gasteiger partial charge in [-0.3, -0.25) is 14.3 Å². The van der Waals surface area contributed by atoms with Crippen molar-refractivity contribution in [3.63, 3.8) is 0 Å². The maximum Gasteiger partial charge on any atom is 0.254 e. The van der Waals surface area contributed by atoms with Crippen LogP contribution < -0.4 is 5.32 Å². The van der Waals surface area contributed by atoms with Crippen LogP contribution >= 0.6 is 0 Å². The highest BCUT2D eigenvalue weighted by atomic mass is 16.2. The van der Waals surface area contributed by atoms with E-state index < -0.39 is 0 Å². The van der Waals surface area contributed by atoms with Crippen LogP contribution in [-0.2, 0) is 22.7 Å². The third-order valence-electron chi connectivity index (χ3n) is 5.03. The molecule has 2 rings (SSSR count). The lowest BCUT2D eigenvalue weighted by atomic mass is 9.86. The first-order chi connectivity index (χ1) is 13.8. The van der Waals surface area contributed by atoms with E-state index in [0.717, 1.165) is 12.1 Å². The standard InChI is InChI=1S/C24H36N4O2/c1-9-14-28(22(30)17-10-12-18(13-11-17)23(2,3)4)16-21(29)25-20-15-19(24(5,6)7)26-27(20)8/h10-13,15H,9,14,16H2,1-8H3,(H,25,29). The summed E-state index contributed by atoms with van der Waals surface area (Å²) in [6.07, 6.45) is 0.777. The fraction of sp³-hybridized carbons (Fsp3) is 0.542. The molecule has 6 nitrogen and oxygen atoms in total. The topological polar surface area (TPSA) is 67.2 Å². The van der Waals surface area contributed by atoms with Crippen LogP contribution in [0.3, 0.4) is 0 Å². The van der Waals surface area contributed by atoms with Crippen LogP contribution in [0.25, 0.3) is 0 Å². The Balaban J connectivity index is 2.12. The molecule has 1 aromatic carbocycles. The van der Waals surface area contributed by atoms with Crippen LogP contribution in [0.1, 0.15) is 76.5 Å². The van der Waals surface area contributed by atoms with Gasteiger partial charge in [0.05, 0.1) is 5.69 Å². The van der Waals surface area contributed by atoms with Crippen LogP contribution in [0.5, 0.6) is 0 Å². The van der Waals surface area contributed by atoms with Crippen LogP contribution in [-0.4, -0.2) is 39.6 Å². The molecule has 0 saturated heterocycles. The molecule has 0 bridgehead atoms. The second kappa shape index (κ2) is 9.02. The molecule has 2 aromatic rings. The molecule has 0 spiro atoms. The molecular formula is C24H36N4O2. The zero-order valence-electron chi connectivity index (χ0n) is 19.7. The molecule has 164 valence electrons. The molecule has 0 aliphatic rings. The maximum atomic E-state index is 13.0. The normalized spacial score (nSPS) is 12.0. The lowest BCUT2D eigenvalue weighted by Crippen LogP contribution is -2.38. The molecule has 0 aliphatic carbocycles. The van der Waals surface area contributed by atoms with Gasteiger partial charge in [-0.1, -0.05) is 60.6 Å². The molecule has 0 aliphatic heterocycles. The number of carbonyl (C=O) groups is 2. The first kappa shape index (κ1) is 23.6. The highest BCUT2D eigenvalue weighted by Gasteiger charge is 2.22. The minimum atomic E-state index is -0.230. The molecule has 0 unspecified atom stereocenters. The minimum Gasteiger partial charge on any atom is -0.329 e. The molecule has 6 heteroatoms. The summed E-state index contributed by atoms with van der Waals surface area (Å²) in [4.78, 5) is 27.3. The number of aryl methyl sites for hydroxylation is 1. The predicted octanol–water partition coefficient (Wildman–Crippen LogP) is 4.51. The summed E-state index contributed by atoms with van der Waals surface area (Å²) in [6.45, 7) is 15.2. The Morgan fingerprint density at radius 2 is 1.63 bits per heavy atom. The van der Waals surface area contributed by atoms with E-state index in [9.17, 15) is 9.59 Å². The molecule has 2 amide bonds.